The topological polar surface area (TPSA) is 128 Å². The lowest BCUT2D eigenvalue weighted by Gasteiger charge is -2.34. The number of imidazole rings is 1. The van der Waals surface area contributed by atoms with Crippen LogP contribution >= 0.6 is 0 Å². The quantitative estimate of drug-likeness (QED) is 0.511. The molecule has 1 aliphatic carbocycles. The SMILES string of the molecule is COC(=O)[C@H]1CC[C@H](c2nc(/C=C/C(N)=O)[nH]c2C2CCN(C(=O)OC(C)(C)C)CC2)CC1. The van der Waals surface area contributed by atoms with Crippen LogP contribution in [0, 0.1) is 5.92 Å². The molecule has 1 aliphatic heterocycles. The van der Waals surface area contributed by atoms with Crippen molar-refractivity contribution in [2.45, 2.75) is 76.7 Å². The number of aromatic amines is 1. The minimum atomic E-state index is -0.529. The Labute approximate surface area is 195 Å². The Bertz CT molecular complexity index is 885. The summed E-state index contributed by atoms with van der Waals surface area (Å²) in [7, 11) is 1.43. The maximum atomic E-state index is 12.4. The number of esters is 1. The van der Waals surface area contributed by atoms with E-state index in [1.165, 1.54) is 13.2 Å². The maximum absolute atomic E-state index is 12.4. The molecule has 9 heteroatoms. The fourth-order valence-corrected chi connectivity index (χ4v) is 4.73. The van der Waals surface area contributed by atoms with Crippen molar-refractivity contribution in [3.8, 4) is 0 Å². The molecule has 1 saturated carbocycles. The van der Waals surface area contributed by atoms with Crippen LogP contribution in [0.5, 0.6) is 0 Å². The molecule has 2 fully saturated rings. The van der Waals surface area contributed by atoms with Gasteiger partial charge in [-0.15, -0.1) is 0 Å². The first-order chi connectivity index (χ1) is 15.6. The van der Waals surface area contributed by atoms with Crippen LogP contribution in [-0.2, 0) is 19.1 Å². The minimum absolute atomic E-state index is 0.0556. The lowest BCUT2D eigenvalue weighted by Crippen LogP contribution is -2.41. The molecule has 0 atom stereocenters. The van der Waals surface area contributed by atoms with Gasteiger partial charge in [0.25, 0.3) is 0 Å². The maximum Gasteiger partial charge on any atom is 0.410 e. The lowest BCUT2D eigenvalue weighted by molar-refractivity contribution is -0.146. The van der Waals surface area contributed by atoms with E-state index in [9.17, 15) is 14.4 Å². The Balaban J connectivity index is 1.74. The number of hydrogen-bond donors (Lipinski definition) is 2. The average Bonchev–Trinajstić information content (AvgIpc) is 3.20. The Hall–Kier alpha value is -2.84. The van der Waals surface area contributed by atoms with Crippen LogP contribution in [0.2, 0.25) is 0 Å². The van der Waals surface area contributed by atoms with Gasteiger partial charge in [-0.2, -0.15) is 0 Å². The van der Waals surface area contributed by atoms with Crippen molar-refractivity contribution in [2.75, 3.05) is 20.2 Å². The Morgan fingerprint density at radius 2 is 1.70 bits per heavy atom. The summed E-state index contributed by atoms with van der Waals surface area (Å²) in [5.41, 5.74) is 6.79. The second-order valence-electron chi connectivity index (χ2n) is 9.97. The third-order valence-corrected chi connectivity index (χ3v) is 6.39. The van der Waals surface area contributed by atoms with Crippen molar-refractivity contribution in [2.24, 2.45) is 11.7 Å². The second-order valence-corrected chi connectivity index (χ2v) is 9.97. The zero-order chi connectivity index (χ0) is 24.2. The highest BCUT2D eigenvalue weighted by molar-refractivity contribution is 5.89. The molecule has 182 valence electrons. The number of piperidine rings is 1. The molecule has 33 heavy (non-hydrogen) atoms. The van der Waals surface area contributed by atoms with E-state index in [1.54, 1.807) is 11.0 Å². The molecule has 0 bridgehead atoms. The summed E-state index contributed by atoms with van der Waals surface area (Å²) < 4.78 is 10.4. The Morgan fingerprint density at radius 1 is 1.06 bits per heavy atom. The van der Waals surface area contributed by atoms with E-state index in [2.05, 4.69) is 4.98 Å². The van der Waals surface area contributed by atoms with Crippen molar-refractivity contribution >= 4 is 24.0 Å². The largest absolute Gasteiger partial charge is 0.469 e. The molecule has 3 N–H and O–H groups in total. The van der Waals surface area contributed by atoms with Gasteiger partial charge in [0.1, 0.15) is 11.4 Å². The van der Waals surface area contributed by atoms with Gasteiger partial charge in [-0.1, -0.05) is 0 Å². The van der Waals surface area contributed by atoms with E-state index in [-0.39, 0.29) is 29.8 Å². The molecule has 9 nitrogen and oxygen atoms in total. The minimum Gasteiger partial charge on any atom is -0.469 e. The fourth-order valence-electron chi connectivity index (χ4n) is 4.73. The van der Waals surface area contributed by atoms with Crippen molar-refractivity contribution in [3.05, 3.63) is 23.3 Å². The van der Waals surface area contributed by atoms with Crippen molar-refractivity contribution in [1.29, 1.82) is 0 Å². The molecule has 1 saturated heterocycles. The van der Waals surface area contributed by atoms with Gasteiger partial charge in [0.05, 0.1) is 18.7 Å². The molecular weight excluding hydrogens is 424 g/mol. The first-order valence-electron chi connectivity index (χ1n) is 11.7. The Kier molecular flexibility index (Phi) is 7.81. The first kappa shape index (κ1) is 24.8. The van der Waals surface area contributed by atoms with Gasteiger partial charge in [0.15, 0.2) is 0 Å². The number of amides is 2. The number of nitrogens with zero attached hydrogens (tertiary/aromatic N) is 2. The number of nitrogens with one attached hydrogen (secondary N) is 1. The van der Waals surface area contributed by atoms with Crippen molar-refractivity contribution < 1.29 is 23.9 Å². The van der Waals surface area contributed by atoms with Gasteiger partial charge in [0.2, 0.25) is 5.91 Å². The Morgan fingerprint density at radius 3 is 2.24 bits per heavy atom. The second kappa shape index (κ2) is 10.4. The smallest absolute Gasteiger partial charge is 0.410 e. The van der Waals surface area contributed by atoms with Crippen molar-refractivity contribution in [1.82, 2.24) is 14.9 Å². The molecule has 2 aliphatic rings. The van der Waals surface area contributed by atoms with Crippen LogP contribution in [0.3, 0.4) is 0 Å². The molecule has 2 heterocycles. The number of rotatable bonds is 5. The highest BCUT2D eigenvalue weighted by Crippen LogP contribution is 2.40. The van der Waals surface area contributed by atoms with E-state index >= 15 is 0 Å². The molecule has 1 aromatic heterocycles. The molecule has 1 aromatic rings. The zero-order valence-electron chi connectivity index (χ0n) is 20.1. The summed E-state index contributed by atoms with van der Waals surface area (Å²) in [6.45, 7) is 6.82. The summed E-state index contributed by atoms with van der Waals surface area (Å²) >= 11 is 0. The summed E-state index contributed by atoms with van der Waals surface area (Å²) in [4.78, 5) is 45.5. The van der Waals surface area contributed by atoms with Crippen LogP contribution in [0.15, 0.2) is 6.08 Å². The number of methoxy groups -OCH3 is 1. The molecule has 0 aromatic carbocycles. The van der Waals surface area contributed by atoms with Gasteiger partial charge >= 0.3 is 12.1 Å². The molecule has 0 spiro atoms. The summed E-state index contributed by atoms with van der Waals surface area (Å²) in [5.74, 6) is 0.328. The standard InChI is InChI=1S/C24H36N4O5/c1-24(2,3)33-23(31)28-13-11-16(12-14-28)21-20(26-19(27-21)10-9-18(25)29)15-5-7-17(8-6-15)22(30)32-4/h9-10,15-17H,5-8,11-14H2,1-4H3,(H2,25,29)(H,26,27)/b10-9+/t15-,17-. The van der Waals surface area contributed by atoms with E-state index in [0.29, 0.717) is 18.9 Å². The van der Waals surface area contributed by atoms with Crippen LogP contribution in [0.1, 0.15) is 88.3 Å². The van der Waals surface area contributed by atoms with E-state index in [4.69, 9.17) is 20.2 Å². The van der Waals surface area contributed by atoms with Gasteiger partial charge in [0, 0.05) is 36.7 Å². The van der Waals surface area contributed by atoms with Gasteiger partial charge in [-0.05, 0) is 65.4 Å². The highest BCUT2D eigenvalue weighted by Gasteiger charge is 2.34. The van der Waals surface area contributed by atoms with Gasteiger partial charge < -0.3 is 25.1 Å². The fraction of sp³-hybridized carbons (Fsp3) is 0.667. The lowest BCUT2D eigenvalue weighted by atomic mass is 9.78. The average molecular weight is 461 g/mol. The van der Waals surface area contributed by atoms with Crippen LogP contribution < -0.4 is 5.73 Å². The highest BCUT2D eigenvalue weighted by atomic mass is 16.6. The number of carbonyl (C=O) groups excluding carboxylic acids is 3. The molecular formula is C24H36N4O5. The summed E-state index contributed by atoms with van der Waals surface area (Å²) in [5, 5.41) is 0. The van der Waals surface area contributed by atoms with Crippen LogP contribution in [0.4, 0.5) is 4.79 Å². The number of nitrogens with two attached hydrogens (primary N) is 1. The number of aromatic nitrogens is 2. The number of primary amides is 1. The number of H-pyrrole nitrogens is 1. The van der Waals surface area contributed by atoms with Gasteiger partial charge in [-0.3, -0.25) is 9.59 Å². The summed E-state index contributed by atoms with van der Waals surface area (Å²) in [6, 6.07) is 0. The predicted octanol–water partition coefficient (Wildman–Crippen LogP) is 3.47. The monoisotopic (exact) mass is 460 g/mol. The van der Waals surface area contributed by atoms with E-state index in [1.807, 2.05) is 20.8 Å². The molecule has 0 unspecified atom stereocenters. The van der Waals surface area contributed by atoms with Gasteiger partial charge in [-0.25, -0.2) is 9.78 Å². The van der Waals surface area contributed by atoms with E-state index < -0.39 is 11.5 Å². The molecule has 0 radical (unpaired) electrons. The first-order valence-corrected chi connectivity index (χ1v) is 11.7. The molecule has 2 amide bonds. The predicted molar refractivity (Wildman–Crippen MR) is 123 cm³/mol. The third-order valence-electron chi connectivity index (χ3n) is 6.39. The number of carbonyl (C=O) groups is 3. The number of hydrogen-bond acceptors (Lipinski definition) is 6. The third kappa shape index (κ3) is 6.58. The van der Waals surface area contributed by atoms with Crippen LogP contribution in [0.25, 0.3) is 6.08 Å². The van der Waals surface area contributed by atoms with Crippen LogP contribution in [-0.4, -0.2) is 58.6 Å². The normalized spacial score (nSPS) is 22.4. The van der Waals surface area contributed by atoms with Crippen molar-refractivity contribution in [3.63, 3.8) is 0 Å². The summed E-state index contributed by atoms with van der Waals surface area (Å²) in [6.07, 6.45) is 7.46. The molecule has 3 rings (SSSR count). The number of likely N-dealkylation sites (tertiary alicyclic amines) is 1. The zero-order valence-corrected chi connectivity index (χ0v) is 20.1. The van der Waals surface area contributed by atoms with E-state index in [0.717, 1.165) is 49.9 Å². The number of ether oxygens (including phenoxy) is 2.